The minimum atomic E-state index is -4.88. The highest BCUT2D eigenvalue weighted by molar-refractivity contribution is 5.92. The molecule has 0 aromatic heterocycles. The number of carbonyl (C=O) groups excluding carboxylic acids is 2. The second-order valence-electron chi connectivity index (χ2n) is 5.64. The molecule has 0 aromatic carbocycles. The molecule has 9 heteroatoms. The molecule has 1 spiro atoms. The third-order valence-corrected chi connectivity index (χ3v) is 3.91. The van der Waals surface area contributed by atoms with E-state index in [1.165, 1.54) is 4.90 Å². The molecule has 2 rings (SSSR count). The highest BCUT2D eigenvalue weighted by atomic mass is 19.4. The molecule has 0 N–H and O–H groups in total. The Hall–Kier alpha value is -1.77. The molecule has 2 heterocycles. The van der Waals surface area contributed by atoms with Crippen molar-refractivity contribution in [3.63, 3.8) is 0 Å². The SMILES string of the molecule is CCCCN1CC2(C=C(C(=O)OC)C(C)(C(F)(F)F)O2)OC1=O. The number of esters is 1. The van der Waals surface area contributed by atoms with Crippen molar-refractivity contribution < 1.29 is 37.0 Å². The summed E-state index contributed by atoms with van der Waals surface area (Å²) < 4.78 is 54.7. The maximum absolute atomic E-state index is 13.4. The van der Waals surface area contributed by atoms with Crippen LogP contribution in [0.25, 0.3) is 0 Å². The number of rotatable bonds is 4. The van der Waals surface area contributed by atoms with E-state index in [4.69, 9.17) is 9.47 Å². The average molecular weight is 337 g/mol. The molecule has 1 amide bonds. The number of carbonyl (C=O) groups is 2. The molecule has 0 aromatic rings. The minimum absolute atomic E-state index is 0.210. The average Bonchev–Trinajstić information content (AvgIpc) is 2.92. The maximum Gasteiger partial charge on any atom is 0.421 e. The summed E-state index contributed by atoms with van der Waals surface area (Å²) in [5, 5.41) is 0. The van der Waals surface area contributed by atoms with Gasteiger partial charge in [-0.05, 0) is 13.3 Å². The largest absolute Gasteiger partial charge is 0.466 e. The zero-order valence-electron chi connectivity index (χ0n) is 13.0. The van der Waals surface area contributed by atoms with Crippen molar-refractivity contribution in [2.45, 2.75) is 44.3 Å². The number of methoxy groups -OCH3 is 1. The summed E-state index contributed by atoms with van der Waals surface area (Å²) in [6.45, 7) is 2.76. The number of nitrogens with zero attached hydrogens (tertiary/aromatic N) is 1. The molecule has 2 atom stereocenters. The van der Waals surface area contributed by atoms with Gasteiger partial charge in [0.1, 0.15) is 0 Å². The van der Waals surface area contributed by atoms with Gasteiger partial charge in [-0.2, -0.15) is 13.2 Å². The van der Waals surface area contributed by atoms with E-state index < -0.39 is 35.2 Å². The maximum atomic E-state index is 13.4. The van der Waals surface area contributed by atoms with Crippen LogP contribution in [0.2, 0.25) is 0 Å². The van der Waals surface area contributed by atoms with E-state index in [0.717, 1.165) is 19.6 Å². The Kier molecular flexibility index (Phi) is 4.36. The van der Waals surface area contributed by atoms with Crippen molar-refractivity contribution in [3.05, 3.63) is 11.6 Å². The van der Waals surface area contributed by atoms with Gasteiger partial charge in [0, 0.05) is 12.6 Å². The normalized spacial score (nSPS) is 30.6. The summed E-state index contributed by atoms with van der Waals surface area (Å²) >= 11 is 0. The molecule has 6 nitrogen and oxygen atoms in total. The van der Waals surface area contributed by atoms with Gasteiger partial charge in [-0.1, -0.05) is 13.3 Å². The Morgan fingerprint density at radius 3 is 2.65 bits per heavy atom. The molecule has 0 saturated carbocycles. The third kappa shape index (κ3) is 2.89. The summed E-state index contributed by atoms with van der Waals surface area (Å²) in [4.78, 5) is 24.8. The molecule has 1 fully saturated rings. The summed E-state index contributed by atoms with van der Waals surface area (Å²) in [5.74, 6) is -3.11. The smallest absolute Gasteiger partial charge is 0.421 e. The Labute approximate surface area is 131 Å². The zero-order chi connectivity index (χ0) is 17.5. The molecule has 0 aliphatic carbocycles. The summed E-state index contributed by atoms with van der Waals surface area (Å²) in [6.07, 6.45) is -3.27. The number of unbranched alkanes of at least 4 members (excludes halogenated alkanes) is 1. The first kappa shape index (κ1) is 17.6. The summed E-state index contributed by atoms with van der Waals surface area (Å²) in [6, 6.07) is 0. The lowest BCUT2D eigenvalue weighted by Crippen LogP contribution is -2.50. The van der Waals surface area contributed by atoms with Crippen molar-refractivity contribution in [2.75, 3.05) is 20.2 Å². The predicted molar refractivity (Wildman–Crippen MR) is 71.3 cm³/mol. The molecule has 2 aliphatic rings. The number of amides is 1. The van der Waals surface area contributed by atoms with Gasteiger partial charge in [0.15, 0.2) is 5.60 Å². The molecule has 0 radical (unpaired) electrons. The molecule has 0 bridgehead atoms. The number of halogens is 3. The van der Waals surface area contributed by atoms with Crippen molar-refractivity contribution in [1.29, 1.82) is 0 Å². The van der Waals surface area contributed by atoms with E-state index in [2.05, 4.69) is 4.74 Å². The van der Waals surface area contributed by atoms with Gasteiger partial charge in [0.25, 0.3) is 5.79 Å². The third-order valence-electron chi connectivity index (χ3n) is 3.91. The number of alkyl halides is 3. The fourth-order valence-electron chi connectivity index (χ4n) is 2.58. The summed E-state index contributed by atoms with van der Waals surface area (Å²) in [7, 11) is 0.971. The molecule has 2 unspecified atom stereocenters. The van der Waals surface area contributed by atoms with Crippen LogP contribution in [0.1, 0.15) is 26.7 Å². The molecular formula is C14H18F3NO5. The molecule has 130 valence electrons. The highest BCUT2D eigenvalue weighted by Crippen LogP contribution is 2.49. The second-order valence-corrected chi connectivity index (χ2v) is 5.64. The number of hydrogen-bond acceptors (Lipinski definition) is 5. The fourth-order valence-corrected chi connectivity index (χ4v) is 2.58. The van der Waals surface area contributed by atoms with E-state index >= 15 is 0 Å². The predicted octanol–water partition coefficient (Wildman–Crippen LogP) is 2.39. The van der Waals surface area contributed by atoms with E-state index in [0.29, 0.717) is 19.9 Å². The van der Waals surface area contributed by atoms with Crippen molar-refractivity contribution in [1.82, 2.24) is 4.90 Å². The van der Waals surface area contributed by atoms with Crippen LogP contribution in [0, 0.1) is 0 Å². The lowest BCUT2D eigenvalue weighted by Gasteiger charge is -2.31. The molecule has 23 heavy (non-hydrogen) atoms. The molecule has 1 saturated heterocycles. The summed E-state index contributed by atoms with van der Waals surface area (Å²) in [5.41, 5.74) is -3.63. The van der Waals surface area contributed by atoms with Gasteiger partial charge in [0.2, 0.25) is 0 Å². The lowest BCUT2D eigenvalue weighted by molar-refractivity contribution is -0.298. The van der Waals surface area contributed by atoms with Gasteiger partial charge in [-0.3, -0.25) is 0 Å². The van der Waals surface area contributed by atoms with Gasteiger partial charge in [-0.15, -0.1) is 0 Å². The van der Waals surface area contributed by atoms with Crippen LogP contribution in [0.3, 0.4) is 0 Å². The number of ether oxygens (including phenoxy) is 3. The van der Waals surface area contributed by atoms with Gasteiger partial charge in [-0.25, -0.2) is 9.59 Å². The van der Waals surface area contributed by atoms with Crippen molar-refractivity contribution in [3.8, 4) is 0 Å². The van der Waals surface area contributed by atoms with Crippen LogP contribution in [-0.4, -0.2) is 54.7 Å². The Balaban J connectivity index is 2.34. The highest BCUT2D eigenvalue weighted by Gasteiger charge is 2.67. The van der Waals surface area contributed by atoms with E-state index in [9.17, 15) is 22.8 Å². The van der Waals surface area contributed by atoms with E-state index in [1.807, 2.05) is 6.92 Å². The first-order valence-corrected chi connectivity index (χ1v) is 7.15. The zero-order valence-corrected chi connectivity index (χ0v) is 13.0. The quantitative estimate of drug-likeness (QED) is 0.737. The minimum Gasteiger partial charge on any atom is -0.466 e. The Bertz CT molecular complexity index is 547. The van der Waals surface area contributed by atoms with Crippen LogP contribution in [0.4, 0.5) is 18.0 Å². The van der Waals surface area contributed by atoms with E-state index in [-0.39, 0.29) is 6.54 Å². The monoisotopic (exact) mass is 337 g/mol. The van der Waals surface area contributed by atoms with Crippen LogP contribution in [0.5, 0.6) is 0 Å². The van der Waals surface area contributed by atoms with Gasteiger partial charge < -0.3 is 19.1 Å². The topological polar surface area (TPSA) is 65.1 Å². The van der Waals surface area contributed by atoms with Crippen LogP contribution in [-0.2, 0) is 19.0 Å². The number of hydrogen-bond donors (Lipinski definition) is 0. The lowest BCUT2D eigenvalue weighted by atomic mass is 9.96. The van der Waals surface area contributed by atoms with Crippen molar-refractivity contribution in [2.24, 2.45) is 0 Å². The molecular weight excluding hydrogens is 319 g/mol. The van der Waals surface area contributed by atoms with Gasteiger partial charge in [0.05, 0.1) is 19.2 Å². The van der Waals surface area contributed by atoms with E-state index in [1.54, 1.807) is 0 Å². The van der Waals surface area contributed by atoms with Crippen molar-refractivity contribution >= 4 is 12.1 Å². The Morgan fingerprint density at radius 1 is 1.48 bits per heavy atom. The van der Waals surface area contributed by atoms with Crippen LogP contribution >= 0.6 is 0 Å². The Morgan fingerprint density at radius 2 is 2.13 bits per heavy atom. The second kappa shape index (κ2) is 5.70. The first-order chi connectivity index (χ1) is 10.6. The molecule has 2 aliphatic heterocycles. The standard InChI is InChI=1S/C14H18F3NO5/c1-4-5-6-18-8-13(22-11(18)20)7-9(10(19)21-3)12(2,23-13)14(15,16)17/h7H,4-6,8H2,1-3H3. The van der Waals surface area contributed by atoms with Crippen LogP contribution in [0.15, 0.2) is 11.6 Å². The van der Waals surface area contributed by atoms with Gasteiger partial charge >= 0.3 is 18.2 Å². The first-order valence-electron chi connectivity index (χ1n) is 7.15. The van der Waals surface area contributed by atoms with Crippen LogP contribution < -0.4 is 0 Å². The fraction of sp³-hybridized carbons (Fsp3) is 0.714.